The Bertz CT molecular complexity index is 1390. The first-order valence-electron chi connectivity index (χ1n) is 25.2. The first kappa shape index (κ1) is 63.7. The number of unbranched alkanes of at least 4 members (excludes halogenated alkanes) is 12. The van der Waals surface area contributed by atoms with Crippen LogP contribution in [0.15, 0.2) is 0 Å². The average Bonchev–Trinajstić information content (AvgIpc) is 3.10. The molecule has 0 fully saturated rings. The van der Waals surface area contributed by atoms with Crippen molar-refractivity contribution in [2.45, 2.75) is 241 Å². The maximum atomic E-state index is 13.5. The third-order valence-corrected chi connectivity index (χ3v) is 9.68. The maximum absolute atomic E-state index is 13.5. The van der Waals surface area contributed by atoms with Crippen LogP contribution in [-0.2, 0) is 57.2 Å². The fraction of sp³-hybridized carbons (Fsp3) is 0.885. The summed E-state index contributed by atoms with van der Waals surface area (Å²) in [6, 6.07) is -0.794. The van der Waals surface area contributed by atoms with Crippen LogP contribution in [0.5, 0.6) is 0 Å². The van der Waals surface area contributed by atoms with Crippen molar-refractivity contribution in [2.24, 2.45) is 0 Å². The molecule has 0 aliphatic heterocycles. The van der Waals surface area contributed by atoms with Gasteiger partial charge in [-0.15, -0.1) is 0 Å². The molecule has 0 N–H and O–H groups in total. The first-order valence-corrected chi connectivity index (χ1v) is 25.2. The van der Waals surface area contributed by atoms with E-state index in [1.54, 1.807) is 119 Å². The zero-order valence-electron chi connectivity index (χ0n) is 45.3. The average molecular weight is 956 g/mol. The fourth-order valence-electron chi connectivity index (χ4n) is 7.15. The van der Waals surface area contributed by atoms with E-state index in [1.165, 1.54) is 57.8 Å². The number of carbonyl (C=O) groups excluding carboxylic acids is 6. The van der Waals surface area contributed by atoms with Crippen molar-refractivity contribution in [1.29, 1.82) is 0 Å². The molecule has 67 heavy (non-hydrogen) atoms. The van der Waals surface area contributed by atoms with Gasteiger partial charge in [0.25, 0.3) is 0 Å². The Kier molecular flexibility index (Phi) is 30.2. The number of nitrogens with zero attached hydrogens (tertiary/aromatic N) is 3. The van der Waals surface area contributed by atoms with Gasteiger partial charge in [-0.05, 0) is 117 Å². The van der Waals surface area contributed by atoms with Crippen LogP contribution in [0.25, 0.3) is 0 Å². The molecule has 0 heterocycles. The van der Waals surface area contributed by atoms with Crippen molar-refractivity contribution in [3.05, 3.63) is 0 Å². The van der Waals surface area contributed by atoms with E-state index < -0.39 is 69.9 Å². The molecule has 15 nitrogen and oxygen atoms in total. The summed E-state index contributed by atoms with van der Waals surface area (Å²) in [4.78, 5) is 84.7. The van der Waals surface area contributed by atoms with E-state index in [2.05, 4.69) is 6.92 Å². The number of rotatable bonds is 33. The van der Waals surface area contributed by atoms with Crippen LogP contribution in [-0.4, -0.2) is 144 Å². The molecular weight excluding hydrogens is 859 g/mol. The summed E-state index contributed by atoms with van der Waals surface area (Å²) < 4.78 is 34.2. The topological polar surface area (TPSA) is 168 Å². The van der Waals surface area contributed by atoms with Gasteiger partial charge in [0.2, 0.25) is 0 Å². The first-order chi connectivity index (χ1) is 30.8. The summed E-state index contributed by atoms with van der Waals surface area (Å²) in [6.07, 6.45) is 15.9. The second-order valence-corrected chi connectivity index (χ2v) is 23.0. The minimum atomic E-state index is -0.822. The third-order valence-electron chi connectivity index (χ3n) is 9.68. The standard InChI is InChI=1S/C52H97N3O12/c1-17-18-19-20-21-22-23-24-25-26-27-28-29-31-42(56)62-40-41(55(38-46(60)66-51(11,12)13)39-47(61)67-52(14,15)16)34-53(35-43(57)63-48(2,3)4)32-30-33-54(36-44(58)64-49(5,6)7)37-45(59)65-50(8,9)10/h41H,17-40H2,1-16H3. The van der Waals surface area contributed by atoms with Crippen molar-refractivity contribution in [3.63, 3.8) is 0 Å². The van der Waals surface area contributed by atoms with Gasteiger partial charge in [-0.1, -0.05) is 84.0 Å². The Morgan fingerprint density at radius 1 is 0.373 bits per heavy atom. The Balaban J connectivity index is 6.47. The van der Waals surface area contributed by atoms with Crippen molar-refractivity contribution in [2.75, 3.05) is 59.0 Å². The lowest BCUT2D eigenvalue weighted by molar-refractivity contribution is -0.164. The van der Waals surface area contributed by atoms with Gasteiger partial charge in [-0.3, -0.25) is 43.5 Å². The lowest BCUT2D eigenvalue weighted by Gasteiger charge is -2.35. The van der Waals surface area contributed by atoms with Gasteiger partial charge in [0.1, 0.15) is 34.6 Å². The molecule has 0 spiro atoms. The second-order valence-electron chi connectivity index (χ2n) is 23.0. The Hall–Kier alpha value is -3.30. The molecule has 0 aromatic rings. The molecule has 15 heteroatoms. The molecule has 0 saturated carbocycles. The molecule has 0 aliphatic rings. The Morgan fingerprint density at radius 3 is 1.01 bits per heavy atom. The Morgan fingerprint density at radius 2 is 0.672 bits per heavy atom. The molecule has 0 radical (unpaired) electrons. The van der Waals surface area contributed by atoms with E-state index in [9.17, 15) is 28.8 Å². The highest BCUT2D eigenvalue weighted by Gasteiger charge is 2.32. The molecule has 1 atom stereocenters. The molecule has 392 valence electrons. The van der Waals surface area contributed by atoms with Gasteiger partial charge in [0.05, 0.1) is 38.8 Å². The summed E-state index contributed by atoms with van der Waals surface area (Å²) in [5.74, 6) is -3.14. The molecule has 1 unspecified atom stereocenters. The fourth-order valence-corrected chi connectivity index (χ4v) is 7.15. The highest BCUT2D eigenvalue weighted by molar-refractivity contribution is 5.76. The lowest BCUT2D eigenvalue weighted by atomic mass is 10.0. The summed E-state index contributed by atoms with van der Waals surface area (Å²) in [6.45, 7) is 27.7. The smallest absolute Gasteiger partial charge is 0.320 e. The normalized spacial score (nSPS) is 13.1. The zero-order valence-corrected chi connectivity index (χ0v) is 45.3. The minimum Gasteiger partial charge on any atom is -0.464 e. The van der Waals surface area contributed by atoms with E-state index in [4.69, 9.17) is 28.4 Å². The monoisotopic (exact) mass is 956 g/mol. The van der Waals surface area contributed by atoms with Crippen molar-refractivity contribution >= 4 is 35.8 Å². The number of hydrogen-bond donors (Lipinski definition) is 0. The van der Waals surface area contributed by atoms with Crippen LogP contribution in [0.1, 0.15) is 207 Å². The number of carbonyl (C=O) groups is 6. The van der Waals surface area contributed by atoms with E-state index >= 15 is 0 Å². The van der Waals surface area contributed by atoms with E-state index in [0.717, 1.165) is 19.3 Å². The van der Waals surface area contributed by atoms with E-state index in [0.29, 0.717) is 12.8 Å². The quantitative estimate of drug-likeness (QED) is 0.0346. The predicted molar refractivity (Wildman–Crippen MR) is 263 cm³/mol. The Labute approximate surface area is 406 Å². The molecule has 0 amide bonds. The van der Waals surface area contributed by atoms with Crippen LogP contribution in [0, 0.1) is 0 Å². The zero-order chi connectivity index (χ0) is 51.5. The summed E-state index contributed by atoms with van der Waals surface area (Å²) in [5, 5.41) is 0. The molecule has 0 aromatic carbocycles. The summed E-state index contributed by atoms with van der Waals surface area (Å²) in [7, 11) is 0. The third kappa shape index (κ3) is 40.3. The largest absolute Gasteiger partial charge is 0.464 e. The van der Waals surface area contributed by atoms with Crippen molar-refractivity contribution in [1.82, 2.24) is 14.7 Å². The van der Waals surface area contributed by atoms with Crippen LogP contribution in [0.3, 0.4) is 0 Å². The van der Waals surface area contributed by atoms with Crippen molar-refractivity contribution < 1.29 is 57.2 Å². The molecule has 0 bridgehead atoms. The van der Waals surface area contributed by atoms with E-state index in [1.807, 2.05) is 0 Å². The molecule has 0 aliphatic carbocycles. The van der Waals surface area contributed by atoms with Gasteiger partial charge in [0.15, 0.2) is 0 Å². The summed E-state index contributed by atoms with van der Waals surface area (Å²) in [5.41, 5.74) is -3.92. The highest BCUT2D eigenvalue weighted by Crippen LogP contribution is 2.17. The van der Waals surface area contributed by atoms with Gasteiger partial charge < -0.3 is 28.4 Å². The van der Waals surface area contributed by atoms with Crippen LogP contribution in [0.4, 0.5) is 0 Å². The number of esters is 6. The van der Waals surface area contributed by atoms with Gasteiger partial charge in [-0.2, -0.15) is 0 Å². The predicted octanol–water partition coefficient (Wildman–Crippen LogP) is 9.38. The minimum absolute atomic E-state index is 0.0506. The maximum Gasteiger partial charge on any atom is 0.320 e. The molecule has 0 saturated heterocycles. The van der Waals surface area contributed by atoms with Crippen LogP contribution >= 0.6 is 0 Å². The van der Waals surface area contributed by atoms with Gasteiger partial charge in [0, 0.05) is 26.1 Å². The SMILES string of the molecule is CCCCCCCCCCCCCCCC(=O)OCC(CN(CCCN(CC(=O)OC(C)(C)C)CC(=O)OC(C)(C)C)CC(=O)OC(C)(C)C)N(CC(=O)OC(C)(C)C)CC(=O)OC(C)(C)C. The second kappa shape index (κ2) is 31.8. The summed E-state index contributed by atoms with van der Waals surface area (Å²) >= 11 is 0. The van der Waals surface area contributed by atoms with E-state index in [-0.39, 0.29) is 65.4 Å². The number of hydrogen-bond acceptors (Lipinski definition) is 15. The number of ether oxygens (including phenoxy) is 6. The molecule has 0 aromatic heterocycles. The lowest BCUT2D eigenvalue weighted by Crippen LogP contribution is -2.53. The molecule has 0 rings (SSSR count). The van der Waals surface area contributed by atoms with Crippen molar-refractivity contribution in [3.8, 4) is 0 Å². The van der Waals surface area contributed by atoms with Gasteiger partial charge >= 0.3 is 35.8 Å². The molecular formula is C52H97N3O12. The highest BCUT2D eigenvalue weighted by atomic mass is 16.6. The van der Waals surface area contributed by atoms with Gasteiger partial charge in [-0.25, -0.2) is 0 Å². The van der Waals surface area contributed by atoms with Crippen LogP contribution < -0.4 is 0 Å². The van der Waals surface area contributed by atoms with Crippen LogP contribution in [0.2, 0.25) is 0 Å².